The van der Waals surface area contributed by atoms with Crippen molar-refractivity contribution in [3.8, 4) is 11.5 Å². The third-order valence-electron chi connectivity index (χ3n) is 2.65. The third kappa shape index (κ3) is 3.22. The molecule has 0 radical (unpaired) electrons. The predicted molar refractivity (Wildman–Crippen MR) is 70.1 cm³/mol. The van der Waals surface area contributed by atoms with Gasteiger partial charge >= 0.3 is 0 Å². The van der Waals surface area contributed by atoms with Crippen LogP contribution in [0.5, 0.6) is 11.5 Å². The molecule has 1 aromatic carbocycles. The molecule has 1 heterocycles. The molecule has 1 amide bonds. The van der Waals surface area contributed by atoms with Crippen molar-refractivity contribution in [3.63, 3.8) is 0 Å². The number of aromatic hydroxyl groups is 1. The van der Waals surface area contributed by atoms with Gasteiger partial charge in [-0.1, -0.05) is 0 Å². The third-order valence-corrected chi connectivity index (χ3v) is 2.65. The van der Waals surface area contributed by atoms with Gasteiger partial charge in [0.1, 0.15) is 11.5 Å². The monoisotopic (exact) mass is 258 g/mol. The second-order valence-electron chi connectivity index (χ2n) is 3.92. The number of rotatable bonds is 4. The number of pyridine rings is 1. The second kappa shape index (κ2) is 5.86. The minimum Gasteiger partial charge on any atom is -0.507 e. The van der Waals surface area contributed by atoms with Crippen LogP contribution in [0, 0.1) is 0 Å². The van der Waals surface area contributed by atoms with Gasteiger partial charge in [0.2, 0.25) is 0 Å². The lowest BCUT2D eigenvalue weighted by Crippen LogP contribution is -2.22. The van der Waals surface area contributed by atoms with Crippen LogP contribution >= 0.6 is 0 Å². The molecule has 0 bridgehead atoms. The molecule has 2 aromatic rings. The van der Waals surface area contributed by atoms with E-state index in [0.29, 0.717) is 12.3 Å². The molecule has 19 heavy (non-hydrogen) atoms. The van der Waals surface area contributed by atoms with Gasteiger partial charge in [-0.05, 0) is 29.8 Å². The first-order valence-corrected chi connectivity index (χ1v) is 5.75. The number of phenolic OH excluding ortho intramolecular Hbond substituents is 1. The van der Waals surface area contributed by atoms with E-state index in [1.807, 2.05) is 12.1 Å². The van der Waals surface area contributed by atoms with E-state index in [0.717, 1.165) is 5.56 Å². The molecule has 2 N–H and O–H groups in total. The summed E-state index contributed by atoms with van der Waals surface area (Å²) in [4.78, 5) is 15.8. The first-order valence-electron chi connectivity index (χ1n) is 5.75. The van der Waals surface area contributed by atoms with Gasteiger partial charge in [-0.25, -0.2) is 0 Å². The van der Waals surface area contributed by atoms with E-state index in [1.54, 1.807) is 18.5 Å². The average molecular weight is 258 g/mol. The van der Waals surface area contributed by atoms with Gasteiger partial charge in [-0.3, -0.25) is 9.78 Å². The SMILES string of the molecule is COc1ccc(C(=O)NCc2ccncc2)c(O)c1. The number of nitrogens with zero attached hydrogens (tertiary/aromatic N) is 1. The first-order chi connectivity index (χ1) is 9.20. The lowest BCUT2D eigenvalue weighted by Gasteiger charge is -2.08. The van der Waals surface area contributed by atoms with Crippen LogP contribution in [0.15, 0.2) is 42.7 Å². The van der Waals surface area contributed by atoms with Gasteiger partial charge in [0, 0.05) is 25.0 Å². The number of hydrogen-bond donors (Lipinski definition) is 2. The van der Waals surface area contributed by atoms with Crippen LogP contribution in [0.1, 0.15) is 15.9 Å². The fourth-order valence-electron chi connectivity index (χ4n) is 1.61. The molecular weight excluding hydrogens is 244 g/mol. The fourth-order valence-corrected chi connectivity index (χ4v) is 1.61. The standard InChI is InChI=1S/C14H14N2O3/c1-19-11-2-3-12(13(17)8-11)14(18)16-9-10-4-6-15-7-5-10/h2-8,17H,9H2,1H3,(H,16,18). The number of amides is 1. The lowest BCUT2D eigenvalue weighted by molar-refractivity contribution is 0.0948. The van der Waals surface area contributed by atoms with Gasteiger partial charge in [0.25, 0.3) is 5.91 Å². The summed E-state index contributed by atoms with van der Waals surface area (Å²) in [5.74, 6) is 0.0618. The molecule has 5 heteroatoms. The van der Waals surface area contributed by atoms with Crippen LogP contribution < -0.4 is 10.1 Å². The minimum atomic E-state index is -0.336. The molecule has 0 aliphatic heterocycles. The molecule has 0 saturated carbocycles. The van der Waals surface area contributed by atoms with Crippen molar-refractivity contribution in [1.29, 1.82) is 0 Å². The van der Waals surface area contributed by atoms with E-state index < -0.39 is 0 Å². The summed E-state index contributed by atoms with van der Waals surface area (Å²) in [5, 5.41) is 12.5. The maximum atomic E-state index is 11.9. The van der Waals surface area contributed by atoms with Crippen LogP contribution in [0.4, 0.5) is 0 Å². The Morgan fingerprint density at radius 1 is 1.32 bits per heavy atom. The van der Waals surface area contributed by atoms with Gasteiger partial charge in [0.05, 0.1) is 12.7 Å². The van der Waals surface area contributed by atoms with Crippen molar-refractivity contribution in [1.82, 2.24) is 10.3 Å². The normalized spacial score (nSPS) is 9.95. The molecule has 2 rings (SSSR count). The second-order valence-corrected chi connectivity index (χ2v) is 3.92. The van der Waals surface area contributed by atoms with Crippen LogP contribution in [-0.2, 0) is 6.54 Å². The summed E-state index contributed by atoms with van der Waals surface area (Å²) < 4.78 is 4.96. The molecule has 1 aromatic heterocycles. The lowest BCUT2D eigenvalue weighted by atomic mass is 10.1. The zero-order chi connectivity index (χ0) is 13.7. The van der Waals surface area contributed by atoms with Gasteiger partial charge in [0.15, 0.2) is 0 Å². The highest BCUT2D eigenvalue weighted by Gasteiger charge is 2.11. The first kappa shape index (κ1) is 12.9. The number of hydrogen-bond acceptors (Lipinski definition) is 4. The minimum absolute atomic E-state index is 0.105. The average Bonchev–Trinajstić information content (AvgIpc) is 2.45. The number of ether oxygens (including phenoxy) is 1. The van der Waals surface area contributed by atoms with Crippen LogP contribution in [0.2, 0.25) is 0 Å². The number of aromatic nitrogens is 1. The molecule has 5 nitrogen and oxygen atoms in total. The highest BCUT2D eigenvalue weighted by atomic mass is 16.5. The maximum Gasteiger partial charge on any atom is 0.255 e. The maximum absolute atomic E-state index is 11.9. The number of benzene rings is 1. The van der Waals surface area contributed by atoms with E-state index >= 15 is 0 Å². The van der Waals surface area contributed by atoms with E-state index in [1.165, 1.54) is 19.2 Å². The van der Waals surface area contributed by atoms with Crippen molar-refractivity contribution in [2.45, 2.75) is 6.54 Å². The Bertz CT molecular complexity index is 570. The van der Waals surface area contributed by atoms with Crippen molar-refractivity contribution in [2.75, 3.05) is 7.11 Å². The van der Waals surface area contributed by atoms with E-state index in [2.05, 4.69) is 10.3 Å². The zero-order valence-corrected chi connectivity index (χ0v) is 10.5. The number of methoxy groups -OCH3 is 1. The van der Waals surface area contributed by atoms with Crippen LogP contribution in [0.3, 0.4) is 0 Å². The Kier molecular flexibility index (Phi) is 3.97. The summed E-state index contributed by atoms with van der Waals surface area (Å²) >= 11 is 0. The van der Waals surface area contributed by atoms with Gasteiger partial charge < -0.3 is 15.2 Å². The Labute approximate surface area is 110 Å². The molecule has 0 spiro atoms. The molecule has 0 unspecified atom stereocenters. The summed E-state index contributed by atoms with van der Waals surface area (Å²) in [6.45, 7) is 0.382. The van der Waals surface area contributed by atoms with Gasteiger partial charge in [-0.2, -0.15) is 0 Å². The van der Waals surface area contributed by atoms with Crippen molar-refractivity contribution in [2.24, 2.45) is 0 Å². The van der Waals surface area contributed by atoms with Crippen LogP contribution in [-0.4, -0.2) is 23.1 Å². The quantitative estimate of drug-likeness (QED) is 0.876. The van der Waals surface area contributed by atoms with E-state index in [4.69, 9.17) is 4.74 Å². The zero-order valence-electron chi connectivity index (χ0n) is 10.5. The predicted octanol–water partition coefficient (Wildman–Crippen LogP) is 1.73. The van der Waals surface area contributed by atoms with Gasteiger partial charge in [-0.15, -0.1) is 0 Å². The molecule has 98 valence electrons. The largest absolute Gasteiger partial charge is 0.507 e. The Morgan fingerprint density at radius 3 is 2.68 bits per heavy atom. The smallest absolute Gasteiger partial charge is 0.255 e. The Balaban J connectivity index is 2.04. The number of carbonyl (C=O) groups excluding carboxylic acids is 1. The Hall–Kier alpha value is -2.56. The number of nitrogens with one attached hydrogen (secondary N) is 1. The van der Waals surface area contributed by atoms with Crippen molar-refractivity contribution >= 4 is 5.91 Å². The van der Waals surface area contributed by atoms with E-state index in [-0.39, 0.29) is 17.2 Å². The molecular formula is C14H14N2O3. The van der Waals surface area contributed by atoms with Crippen molar-refractivity contribution < 1.29 is 14.6 Å². The molecule has 0 fully saturated rings. The van der Waals surface area contributed by atoms with E-state index in [9.17, 15) is 9.90 Å². The van der Waals surface area contributed by atoms with Crippen molar-refractivity contribution in [3.05, 3.63) is 53.9 Å². The Morgan fingerprint density at radius 2 is 2.05 bits per heavy atom. The summed E-state index contributed by atoms with van der Waals surface area (Å²) in [6.07, 6.45) is 3.32. The fraction of sp³-hybridized carbons (Fsp3) is 0.143. The highest BCUT2D eigenvalue weighted by Crippen LogP contribution is 2.23. The summed E-state index contributed by atoms with van der Waals surface area (Å²) in [7, 11) is 1.50. The number of carbonyl (C=O) groups is 1. The number of phenols is 1. The molecule has 0 saturated heterocycles. The highest BCUT2D eigenvalue weighted by molar-refractivity contribution is 5.96. The summed E-state index contributed by atoms with van der Waals surface area (Å²) in [6, 6.07) is 8.18. The van der Waals surface area contributed by atoms with Crippen LogP contribution in [0.25, 0.3) is 0 Å². The molecule has 0 aliphatic rings. The summed E-state index contributed by atoms with van der Waals surface area (Å²) in [5.41, 5.74) is 1.16. The molecule has 0 atom stereocenters. The topological polar surface area (TPSA) is 71.5 Å². The molecule has 0 aliphatic carbocycles.